The van der Waals surface area contributed by atoms with Crippen molar-refractivity contribution in [3.05, 3.63) is 78.6 Å². The molecular formula is C20H12FN3. The Morgan fingerprint density at radius 3 is 2.33 bits per heavy atom. The van der Waals surface area contributed by atoms with Crippen LogP contribution in [0.3, 0.4) is 0 Å². The highest BCUT2D eigenvalue weighted by Crippen LogP contribution is 2.33. The summed E-state index contributed by atoms with van der Waals surface area (Å²) in [6.45, 7) is 0. The number of halogens is 1. The summed E-state index contributed by atoms with van der Waals surface area (Å²) >= 11 is 0. The van der Waals surface area contributed by atoms with E-state index in [0.717, 1.165) is 32.8 Å². The molecule has 0 fully saturated rings. The number of nitrogens with zero attached hydrogens (tertiary/aromatic N) is 3. The van der Waals surface area contributed by atoms with Crippen LogP contribution in [-0.4, -0.2) is 14.8 Å². The molecule has 0 amide bonds. The standard InChI is InChI=1S/C20H12FN3/c21-14-7-5-6-13(12-14)19-20-17-10-2-1-8-15(17)16-9-3-4-11-18(16)24(20)23-22-19/h1-12H. The van der Waals surface area contributed by atoms with Crippen LogP contribution in [0.15, 0.2) is 72.8 Å². The minimum Gasteiger partial charge on any atom is -0.212 e. The van der Waals surface area contributed by atoms with Gasteiger partial charge in [-0.3, -0.25) is 0 Å². The molecule has 0 spiro atoms. The molecule has 2 heterocycles. The molecule has 114 valence electrons. The smallest absolute Gasteiger partial charge is 0.123 e. The van der Waals surface area contributed by atoms with E-state index in [0.29, 0.717) is 5.69 Å². The van der Waals surface area contributed by atoms with Gasteiger partial charge in [0.2, 0.25) is 0 Å². The van der Waals surface area contributed by atoms with Crippen molar-refractivity contribution in [2.45, 2.75) is 0 Å². The number of aromatic nitrogens is 3. The molecule has 0 aliphatic heterocycles. The van der Waals surface area contributed by atoms with E-state index in [2.05, 4.69) is 28.5 Å². The van der Waals surface area contributed by atoms with E-state index in [1.54, 1.807) is 6.07 Å². The van der Waals surface area contributed by atoms with Crippen LogP contribution in [0.5, 0.6) is 0 Å². The third kappa shape index (κ3) is 1.77. The third-order valence-electron chi connectivity index (χ3n) is 4.37. The highest BCUT2D eigenvalue weighted by molar-refractivity contribution is 6.14. The van der Waals surface area contributed by atoms with Gasteiger partial charge in [-0.15, -0.1) is 5.10 Å². The Labute approximate surface area is 137 Å². The van der Waals surface area contributed by atoms with E-state index >= 15 is 0 Å². The number of fused-ring (bicyclic) bond motifs is 6. The Kier molecular flexibility index (Phi) is 2.67. The van der Waals surface area contributed by atoms with Gasteiger partial charge in [-0.2, -0.15) is 0 Å². The normalized spacial score (nSPS) is 11.5. The molecule has 24 heavy (non-hydrogen) atoms. The monoisotopic (exact) mass is 313 g/mol. The van der Waals surface area contributed by atoms with Crippen LogP contribution < -0.4 is 0 Å². The fourth-order valence-corrected chi connectivity index (χ4v) is 3.33. The average Bonchev–Trinajstić information content (AvgIpc) is 3.07. The van der Waals surface area contributed by atoms with Gasteiger partial charge in [0, 0.05) is 16.3 Å². The summed E-state index contributed by atoms with van der Waals surface area (Å²) < 4.78 is 15.5. The van der Waals surface area contributed by atoms with Gasteiger partial charge >= 0.3 is 0 Å². The van der Waals surface area contributed by atoms with Crippen molar-refractivity contribution in [2.75, 3.05) is 0 Å². The Morgan fingerprint density at radius 1 is 0.750 bits per heavy atom. The van der Waals surface area contributed by atoms with Gasteiger partial charge in [0.15, 0.2) is 0 Å². The molecule has 0 N–H and O–H groups in total. The molecule has 3 aromatic carbocycles. The second-order valence-corrected chi connectivity index (χ2v) is 5.77. The summed E-state index contributed by atoms with van der Waals surface area (Å²) in [6, 6.07) is 22.8. The third-order valence-corrected chi connectivity index (χ3v) is 4.37. The van der Waals surface area contributed by atoms with Crippen molar-refractivity contribution in [1.29, 1.82) is 0 Å². The molecule has 0 saturated carbocycles. The zero-order chi connectivity index (χ0) is 16.1. The van der Waals surface area contributed by atoms with Crippen LogP contribution in [0.4, 0.5) is 4.39 Å². The molecule has 0 radical (unpaired) electrons. The summed E-state index contributed by atoms with van der Waals surface area (Å²) in [7, 11) is 0. The topological polar surface area (TPSA) is 30.2 Å². The van der Waals surface area contributed by atoms with E-state index in [1.165, 1.54) is 12.1 Å². The molecule has 0 saturated heterocycles. The maximum absolute atomic E-state index is 13.7. The lowest BCUT2D eigenvalue weighted by Crippen LogP contribution is -1.92. The molecule has 5 rings (SSSR count). The zero-order valence-electron chi connectivity index (χ0n) is 12.6. The van der Waals surface area contributed by atoms with Gasteiger partial charge < -0.3 is 0 Å². The maximum atomic E-state index is 13.7. The minimum absolute atomic E-state index is 0.279. The van der Waals surface area contributed by atoms with Gasteiger partial charge in [-0.05, 0) is 23.6 Å². The summed E-state index contributed by atoms with van der Waals surface area (Å²) in [4.78, 5) is 0. The first-order valence-electron chi connectivity index (χ1n) is 7.74. The summed E-state index contributed by atoms with van der Waals surface area (Å²) in [5.74, 6) is -0.279. The second-order valence-electron chi connectivity index (χ2n) is 5.77. The molecule has 0 bridgehead atoms. The molecule has 2 aromatic heterocycles. The predicted molar refractivity (Wildman–Crippen MR) is 93.4 cm³/mol. The van der Waals surface area contributed by atoms with Gasteiger partial charge in [-0.25, -0.2) is 8.91 Å². The summed E-state index contributed by atoms with van der Waals surface area (Å²) in [5, 5.41) is 12.0. The molecule has 0 aliphatic rings. The number of hydrogen-bond donors (Lipinski definition) is 0. The van der Waals surface area contributed by atoms with E-state index in [9.17, 15) is 4.39 Å². The minimum atomic E-state index is -0.279. The number of hydrogen-bond acceptors (Lipinski definition) is 2. The predicted octanol–water partition coefficient (Wildman–Crippen LogP) is 4.84. The van der Waals surface area contributed by atoms with Gasteiger partial charge in [0.25, 0.3) is 0 Å². The van der Waals surface area contributed by atoms with E-state index in [-0.39, 0.29) is 5.82 Å². The Balaban J connectivity index is 2.02. The number of benzene rings is 3. The van der Waals surface area contributed by atoms with Crippen LogP contribution in [0.1, 0.15) is 0 Å². The quantitative estimate of drug-likeness (QED) is 0.414. The van der Waals surface area contributed by atoms with Crippen molar-refractivity contribution in [1.82, 2.24) is 14.8 Å². The lowest BCUT2D eigenvalue weighted by atomic mass is 10.0. The van der Waals surface area contributed by atoms with Gasteiger partial charge in [0.05, 0.1) is 5.52 Å². The van der Waals surface area contributed by atoms with Crippen LogP contribution in [0.2, 0.25) is 0 Å². The summed E-state index contributed by atoms with van der Waals surface area (Å²) in [5.41, 5.74) is 3.30. The number of rotatable bonds is 1. The molecule has 0 aliphatic carbocycles. The molecule has 4 heteroatoms. The number of para-hydroxylation sites is 1. The first-order chi connectivity index (χ1) is 11.8. The SMILES string of the molecule is Fc1cccc(-c2nnn3c4ccccc4c4ccccc4c23)c1. The van der Waals surface area contributed by atoms with Crippen molar-refractivity contribution in [3.63, 3.8) is 0 Å². The lowest BCUT2D eigenvalue weighted by molar-refractivity contribution is 0.628. The average molecular weight is 313 g/mol. The van der Waals surface area contributed by atoms with Crippen molar-refractivity contribution >= 4 is 27.2 Å². The lowest BCUT2D eigenvalue weighted by Gasteiger charge is -2.08. The zero-order valence-corrected chi connectivity index (χ0v) is 12.6. The van der Waals surface area contributed by atoms with E-state index in [1.807, 2.05) is 40.9 Å². The fourth-order valence-electron chi connectivity index (χ4n) is 3.33. The first kappa shape index (κ1) is 13.2. The van der Waals surface area contributed by atoms with Crippen LogP contribution >= 0.6 is 0 Å². The highest BCUT2D eigenvalue weighted by Gasteiger charge is 2.16. The number of pyridine rings is 1. The molecule has 3 nitrogen and oxygen atoms in total. The first-order valence-corrected chi connectivity index (χ1v) is 7.74. The van der Waals surface area contributed by atoms with E-state index < -0.39 is 0 Å². The van der Waals surface area contributed by atoms with Crippen molar-refractivity contribution < 1.29 is 4.39 Å². The molecular weight excluding hydrogens is 301 g/mol. The Hall–Kier alpha value is -3.27. The fraction of sp³-hybridized carbons (Fsp3) is 0. The van der Waals surface area contributed by atoms with Crippen LogP contribution in [0, 0.1) is 5.82 Å². The Morgan fingerprint density at radius 2 is 1.50 bits per heavy atom. The van der Waals surface area contributed by atoms with Gasteiger partial charge in [-0.1, -0.05) is 59.8 Å². The van der Waals surface area contributed by atoms with Crippen molar-refractivity contribution in [2.24, 2.45) is 0 Å². The van der Waals surface area contributed by atoms with E-state index in [4.69, 9.17) is 0 Å². The molecule has 0 unspecified atom stereocenters. The van der Waals surface area contributed by atoms with Crippen LogP contribution in [0.25, 0.3) is 38.4 Å². The molecule has 5 aromatic rings. The second kappa shape index (κ2) is 4.86. The highest BCUT2D eigenvalue weighted by atomic mass is 19.1. The molecule has 0 atom stereocenters. The van der Waals surface area contributed by atoms with Crippen molar-refractivity contribution in [3.8, 4) is 11.3 Å². The summed E-state index contributed by atoms with van der Waals surface area (Å²) in [6.07, 6.45) is 0. The largest absolute Gasteiger partial charge is 0.212 e. The van der Waals surface area contributed by atoms with Gasteiger partial charge in [0.1, 0.15) is 17.0 Å². The van der Waals surface area contributed by atoms with Crippen LogP contribution in [-0.2, 0) is 0 Å². The maximum Gasteiger partial charge on any atom is 0.123 e. The Bertz CT molecular complexity index is 1220.